The summed E-state index contributed by atoms with van der Waals surface area (Å²) in [6.07, 6.45) is 2.40. The van der Waals surface area contributed by atoms with Crippen LogP contribution >= 0.6 is 11.3 Å². The summed E-state index contributed by atoms with van der Waals surface area (Å²) in [6, 6.07) is 6.64. The molecular formula is C15H20N4OS. The van der Waals surface area contributed by atoms with Gasteiger partial charge in [0.1, 0.15) is 5.82 Å². The molecule has 3 rings (SSSR count). The van der Waals surface area contributed by atoms with E-state index < -0.39 is 0 Å². The average Bonchev–Trinajstić information content (AvgIpc) is 3.06. The largest absolute Gasteiger partial charge is 0.310 e. The normalized spacial score (nSPS) is 14.6. The highest BCUT2D eigenvalue weighted by atomic mass is 32.1. The van der Waals surface area contributed by atoms with Gasteiger partial charge in [0.25, 0.3) is 0 Å². The van der Waals surface area contributed by atoms with E-state index in [1.54, 1.807) is 16.0 Å². The second kappa shape index (κ2) is 5.99. The molecule has 1 amide bonds. The minimum atomic E-state index is 0.0291. The number of nitrogens with zero attached hydrogens (tertiary/aromatic N) is 3. The molecule has 1 N–H and O–H groups in total. The molecule has 0 radical (unpaired) electrons. The van der Waals surface area contributed by atoms with Crippen molar-refractivity contribution in [1.29, 1.82) is 0 Å². The lowest BCUT2D eigenvalue weighted by Crippen LogP contribution is -2.34. The van der Waals surface area contributed by atoms with Gasteiger partial charge >= 0.3 is 0 Å². The molecule has 0 atom stereocenters. The first kappa shape index (κ1) is 14.3. The molecule has 21 heavy (non-hydrogen) atoms. The van der Waals surface area contributed by atoms with E-state index in [4.69, 9.17) is 0 Å². The molecule has 6 heteroatoms. The van der Waals surface area contributed by atoms with Gasteiger partial charge < -0.3 is 5.32 Å². The maximum atomic E-state index is 12.3. The van der Waals surface area contributed by atoms with E-state index in [1.807, 2.05) is 20.0 Å². The van der Waals surface area contributed by atoms with Crippen molar-refractivity contribution >= 4 is 23.1 Å². The highest BCUT2D eigenvalue weighted by molar-refractivity contribution is 7.09. The number of carbonyl (C=O) groups excluding carboxylic acids is 1. The predicted octanol–water partition coefficient (Wildman–Crippen LogP) is 2.39. The lowest BCUT2D eigenvalue weighted by atomic mass is 10.3. The third kappa shape index (κ3) is 3.71. The number of nitrogens with one attached hydrogen (secondary N) is 1. The summed E-state index contributed by atoms with van der Waals surface area (Å²) in [6.45, 7) is 3.22. The lowest BCUT2D eigenvalue weighted by molar-refractivity contribution is -0.117. The summed E-state index contributed by atoms with van der Waals surface area (Å²) < 4.78 is 1.70. The van der Waals surface area contributed by atoms with Crippen LogP contribution in [-0.2, 0) is 18.4 Å². The van der Waals surface area contributed by atoms with Crippen LogP contribution in [0.15, 0.2) is 23.6 Å². The van der Waals surface area contributed by atoms with Gasteiger partial charge in [-0.2, -0.15) is 5.10 Å². The smallest absolute Gasteiger partial charge is 0.239 e. The Hall–Kier alpha value is -1.66. The summed E-state index contributed by atoms with van der Waals surface area (Å²) in [5, 5.41) is 9.27. The van der Waals surface area contributed by atoms with E-state index in [0.29, 0.717) is 12.6 Å². The van der Waals surface area contributed by atoms with Gasteiger partial charge in [0.05, 0.1) is 12.2 Å². The second-order valence-electron chi connectivity index (χ2n) is 5.56. The van der Waals surface area contributed by atoms with E-state index >= 15 is 0 Å². The monoisotopic (exact) mass is 304 g/mol. The maximum absolute atomic E-state index is 12.3. The standard InChI is InChI=1S/C15H20N4OS/c1-11-8-14(18(2)17-11)16-15(20)10-19(12-5-6-12)9-13-4-3-7-21-13/h3-4,7-8,12H,5-6,9-10H2,1-2H3,(H,16,20). The molecule has 0 aromatic carbocycles. The molecule has 5 nitrogen and oxygen atoms in total. The number of hydrogen-bond donors (Lipinski definition) is 1. The van der Waals surface area contributed by atoms with Crippen molar-refractivity contribution in [3.05, 3.63) is 34.2 Å². The zero-order valence-electron chi connectivity index (χ0n) is 12.4. The topological polar surface area (TPSA) is 50.2 Å². The van der Waals surface area contributed by atoms with Crippen LogP contribution in [0.4, 0.5) is 5.82 Å². The fraction of sp³-hybridized carbons (Fsp3) is 0.467. The Morgan fingerprint density at radius 1 is 1.57 bits per heavy atom. The van der Waals surface area contributed by atoms with E-state index in [-0.39, 0.29) is 5.91 Å². The number of carbonyl (C=O) groups is 1. The van der Waals surface area contributed by atoms with Crippen molar-refractivity contribution < 1.29 is 4.79 Å². The quantitative estimate of drug-likeness (QED) is 0.891. The Morgan fingerprint density at radius 3 is 2.95 bits per heavy atom. The molecule has 1 aliphatic rings. The summed E-state index contributed by atoms with van der Waals surface area (Å²) >= 11 is 1.75. The first-order valence-electron chi connectivity index (χ1n) is 7.19. The summed E-state index contributed by atoms with van der Waals surface area (Å²) in [7, 11) is 1.84. The van der Waals surface area contributed by atoms with E-state index in [0.717, 1.165) is 18.1 Å². The number of aromatic nitrogens is 2. The Kier molecular flexibility index (Phi) is 4.07. The van der Waals surface area contributed by atoms with E-state index in [9.17, 15) is 4.79 Å². The first-order valence-corrected chi connectivity index (χ1v) is 8.06. The van der Waals surface area contributed by atoms with E-state index in [1.165, 1.54) is 17.7 Å². The molecule has 2 aromatic heterocycles. The highest BCUT2D eigenvalue weighted by Gasteiger charge is 2.30. The van der Waals surface area contributed by atoms with Crippen LogP contribution in [0.25, 0.3) is 0 Å². The zero-order valence-corrected chi connectivity index (χ0v) is 13.2. The molecule has 0 aliphatic heterocycles. The van der Waals surface area contributed by atoms with Gasteiger partial charge in [-0.25, -0.2) is 0 Å². The SMILES string of the molecule is Cc1cc(NC(=O)CN(Cc2cccs2)C2CC2)n(C)n1. The van der Waals surface area contributed by atoms with Crippen LogP contribution in [-0.4, -0.2) is 33.2 Å². The Morgan fingerprint density at radius 2 is 2.38 bits per heavy atom. The van der Waals surface area contributed by atoms with Gasteiger partial charge in [0.15, 0.2) is 0 Å². The zero-order chi connectivity index (χ0) is 14.8. The van der Waals surface area contributed by atoms with Crippen molar-refractivity contribution in [2.75, 3.05) is 11.9 Å². The fourth-order valence-corrected chi connectivity index (χ4v) is 3.18. The third-order valence-electron chi connectivity index (χ3n) is 3.62. The van der Waals surface area contributed by atoms with Crippen LogP contribution in [0.1, 0.15) is 23.4 Å². The average molecular weight is 304 g/mol. The first-order chi connectivity index (χ1) is 10.1. The fourth-order valence-electron chi connectivity index (χ4n) is 2.45. The Labute approximate surface area is 128 Å². The van der Waals surface area contributed by atoms with Crippen molar-refractivity contribution in [2.24, 2.45) is 7.05 Å². The number of rotatable bonds is 6. The van der Waals surface area contributed by atoms with Gasteiger partial charge in [-0.05, 0) is 31.2 Å². The van der Waals surface area contributed by atoms with Gasteiger partial charge in [-0.3, -0.25) is 14.4 Å². The van der Waals surface area contributed by atoms with Gasteiger partial charge in [0.2, 0.25) is 5.91 Å². The van der Waals surface area contributed by atoms with Crippen LogP contribution in [0.2, 0.25) is 0 Å². The predicted molar refractivity (Wildman–Crippen MR) is 84.3 cm³/mol. The van der Waals surface area contributed by atoms with Crippen LogP contribution in [0.5, 0.6) is 0 Å². The molecule has 1 aliphatic carbocycles. The minimum absolute atomic E-state index is 0.0291. The number of anilines is 1. The van der Waals surface area contributed by atoms with Gasteiger partial charge in [-0.1, -0.05) is 6.07 Å². The third-order valence-corrected chi connectivity index (χ3v) is 4.48. The van der Waals surface area contributed by atoms with Crippen molar-refractivity contribution in [2.45, 2.75) is 32.4 Å². The molecular weight excluding hydrogens is 284 g/mol. The van der Waals surface area contributed by atoms with Crippen molar-refractivity contribution in [3.63, 3.8) is 0 Å². The van der Waals surface area contributed by atoms with E-state index in [2.05, 4.69) is 32.8 Å². The van der Waals surface area contributed by atoms with Gasteiger partial charge in [0, 0.05) is 30.6 Å². The number of aryl methyl sites for hydroxylation is 2. The molecule has 1 saturated carbocycles. The molecule has 112 valence electrons. The molecule has 2 heterocycles. The minimum Gasteiger partial charge on any atom is -0.310 e. The lowest BCUT2D eigenvalue weighted by Gasteiger charge is -2.20. The molecule has 0 bridgehead atoms. The second-order valence-corrected chi connectivity index (χ2v) is 6.59. The highest BCUT2D eigenvalue weighted by Crippen LogP contribution is 2.29. The summed E-state index contributed by atoms with van der Waals surface area (Å²) in [5.74, 6) is 0.783. The van der Waals surface area contributed by atoms with Gasteiger partial charge in [-0.15, -0.1) is 11.3 Å². The molecule has 0 spiro atoms. The molecule has 1 fully saturated rings. The number of hydrogen-bond acceptors (Lipinski definition) is 4. The Balaban J connectivity index is 1.60. The van der Waals surface area contributed by atoms with Crippen molar-refractivity contribution in [3.8, 4) is 0 Å². The van der Waals surface area contributed by atoms with Crippen LogP contribution < -0.4 is 5.32 Å². The number of amides is 1. The van der Waals surface area contributed by atoms with Crippen molar-refractivity contribution in [1.82, 2.24) is 14.7 Å². The Bertz CT molecular complexity index is 616. The number of thiophene rings is 1. The summed E-state index contributed by atoms with van der Waals surface area (Å²) in [4.78, 5) is 15.8. The summed E-state index contributed by atoms with van der Waals surface area (Å²) in [5.41, 5.74) is 0.908. The molecule has 0 saturated heterocycles. The maximum Gasteiger partial charge on any atom is 0.239 e. The van der Waals surface area contributed by atoms with Crippen LogP contribution in [0, 0.1) is 6.92 Å². The van der Waals surface area contributed by atoms with Crippen LogP contribution in [0.3, 0.4) is 0 Å². The molecule has 0 unspecified atom stereocenters. The molecule has 2 aromatic rings.